The van der Waals surface area contributed by atoms with Gasteiger partial charge in [-0.1, -0.05) is 4.13 Å². The third-order valence-electron chi connectivity index (χ3n) is 1.63. The first-order valence-corrected chi connectivity index (χ1v) is 6.08. The third kappa shape index (κ3) is 1.90. The molecule has 0 unspecified atom stereocenters. The Labute approximate surface area is 113 Å². The van der Waals surface area contributed by atoms with Crippen LogP contribution in [0.4, 0.5) is 26.3 Å². The molecule has 97 valence electrons. The Morgan fingerprint density at radius 3 is 1.18 bits per heavy atom. The molecular formula is C3HF6NNaO4S2. The van der Waals surface area contributed by atoms with Gasteiger partial charge in [0, 0.05) is 29.6 Å². The zero-order valence-corrected chi connectivity index (χ0v) is 11.4. The summed E-state index contributed by atoms with van der Waals surface area (Å²) < 4.78 is 116. The molecule has 0 aromatic carbocycles. The minimum Gasteiger partial charge on any atom is -0.205 e. The van der Waals surface area contributed by atoms with Crippen LogP contribution < -0.4 is 4.13 Å². The zero-order valence-electron chi connectivity index (χ0n) is 7.72. The molecule has 0 bridgehead atoms. The van der Waals surface area contributed by atoms with Gasteiger partial charge in [0.25, 0.3) is 20.0 Å². The van der Waals surface area contributed by atoms with Gasteiger partial charge in [0.15, 0.2) is 0 Å². The molecule has 1 heterocycles. The monoisotopic (exact) mass is 316 g/mol. The number of halogens is 6. The van der Waals surface area contributed by atoms with Gasteiger partial charge >= 0.3 is 16.4 Å². The minimum absolute atomic E-state index is 0. The van der Waals surface area contributed by atoms with E-state index in [-0.39, 0.29) is 33.7 Å². The van der Waals surface area contributed by atoms with Crippen molar-refractivity contribution in [3.63, 3.8) is 0 Å². The predicted molar refractivity (Wildman–Crippen MR) is 41.6 cm³/mol. The zero-order chi connectivity index (χ0) is 13.2. The summed E-state index contributed by atoms with van der Waals surface area (Å²) in [6, 6.07) is 0. The summed E-state index contributed by atoms with van der Waals surface area (Å²) in [6.07, 6.45) is 0. The molecule has 1 aliphatic rings. The first kappa shape index (κ1) is 17.4. The van der Waals surface area contributed by atoms with Crippen LogP contribution in [0.25, 0.3) is 0 Å². The second kappa shape index (κ2) is 3.96. The van der Waals surface area contributed by atoms with Crippen LogP contribution >= 0.6 is 0 Å². The fourth-order valence-electron chi connectivity index (χ4n) is 0.756. The average molecular weight is 316 g/mol. The van der Waals surface area contributed by atoms with E-state index in [1.165, 1.54) is 0 Å². The van der Waals surface area contributed by atoms with E-state index in [9.17, 15) is 43.2 Å². The van der Waals surface area contributed by atoms with Crippen LogP contribution in [0.15, 0.2) is 0 Å². The quantitative estimate of drug-likeness (QED) is 0.491. The maximum atomic E-state index is 12.5. The van der Waals surface area contributed by atoms with E-state index in [0.29, 0.717) is 0 Å². The van der Waals surface area contributed by atoms with Crippen LogP contribution in [-0.4, -0.2) is 62.8 Å². The molecule has 0 saturated carbocycles. The number of sulfonamides is 2. The molecule has 0 atom stereocenters. The molecular weight excluding hydrogens is 315 g/mol. The molecule has 1 fully saturated rings. The maximum Gasteiger partial charge on any atom is 0.429 e. The molecule has 0 spiro atoms. The van der Waals surface area contributed by atoms with Crippen LogP contribution in [0.3, 0.4) is 0 Å². The van der Waals surface area contributed by atoms with Crippen molar-refractivity contribution in [1.29, 1.82) is 0 Å². The summed E-state index contributed by atoms with van der Waals surface area (Å²) in [6.45, 7) is 0. The molecule has 1 aliphatic heterocycles. The molecule has 5 nitrogen and oxygen atoms in total. The van der Waals surface area contributed by atoms with Crippen molar-refractivity contribution in [3.8, 4) is 0 Å². The Bertz CT molecular complexity index is 479. The van der Waals surface area contributed by atoms with E-state index in [0.717, 1.165) is 0 Å². The first-order chi connectivity index (χ1) is 6.71. The minimum atomic E-state index is -6.57. The molecule has 0 aliphatic carbocycles. The molecule has 0 aromatic rings. The Morgan fingerprint density at radius 1 is 0.706 bits per heavy atom. The number of nitrogens with one attached hydrogen (secondary N) is 1. The molecule has 0 aromatic heterocycles. The van der Waals surface area contributed by atoms with Gasteiger partial charge in [-0.3, -0.25) is 0 Å². The number of hydrogen-bond acceptors (Lipinski definition) is 4. The van der Waals surface area contributed by atoms with E-state index in [1.807, 2.05) is 0 Å². The summed E-state index contributed by atoms with van der Waals surface area (Å²) in [7, 11) is -12.9. The third-order valence-corrected chi connectivity index (χ3v) is 5.24. The van der Waals surface area contributed by atoms with E-state index >= 15 is 0 Å². The smallest absolute Gasteiger partial charge is 0.205 e. The van der Waals surface area contributed by atoms with E-state index in [4.69, 9.17) is 0 Å². The Hall–Kier alpha value is 0.440. The SMILES string of the molecule is O=S1(=O)NS(=O)(=O)C(F)(F)C(F)(F)C1(F)F.[Na]. The van der Waals surface area contributed by atoms with Crippen LogP contribution in [0.2, 0.25) is 0 Å². The van der Waals surface area contributed by atoms with Gasteiger partial charge in [-0.15, -0.1) is 0 Å². The Kier molecular flexibility index (Phi) is 4.07. The molecule has 17 heavy (non-hydrogen) atoms. The maximum absolute atomic E-state index is 12.5. The molecule has 0 amide bonds. The normalized spacial score (nSPS) is 31.2. The van der Waals surface area contributed by atoms with Gasteiger partial charge in [0.1, 0.15) is 0 Å². The van der Waals surface area contributed by atoms with Crippen molar-refractivity contribution in [2.45, 2.75) is 16.4 Å². The molecule has 1 N–H and O–H groups in total. The number of alkyl halides is 6. The molecule has 1 rings (SSSR count). The molecule has 1 saturated heterocycles. The van der Waals surface area contributed by atoms with Crippen LogP contribution in [0.1, 0.15) is 0 Å². The Morgan fingerprint density at radius 2 is 0.941 bits per heavy atom. The van der Waals surface area contributed by atoms with Crippen molar-refractivity contribution in [1.82, 2.24) is 4.13 Å². The van der Waals surface area contributed by atoms with Gasteiger partial charge in [-0.05, 0) is 0 Å². The average Bonchev–Trinajstić information content (AvgIpc) is 1.98. The Balaban J connectivity index is 0.00000256. The van der Waals surface area contributed by atoms with Gasteiger partial charge in [-0.25, -0.2) is 16.8 Å². The van der Waals surface area contributed by atoms with Gasteiger partial charge in [0.05, 0.1) is 0 Å². The van der Waals surface area contributed by atoms with Crippen LogP contribution in [0.5, 0.6) is 0 Å². The van der Waals surface area contributed by atoms with Crippen molar-refractivity contribution in [3.05, 3.63) is 0 Å². The topological polar surface area (TPSA) is 80.3 Å². The van der Waals surface area contributed by atoms with Crippen molar-refractivity contribution in [2.75, 3.05) is 0 Å². The summed E-state index contributed by atoms with van der Waals surface area (Å²) in [5, 5.41) is -12.5. The fraction of sp³-hybridized carbons (Fsp3) is 1.00. The number of hydrogen-bond donors (Lipinski definition) is 1. The van der Waals surface area contributed by atoms with E-state index < -0.39 is 36.5 Å². The summed E-state index contributed by atoms with van der Waals surface area (Å²) in [5.41, 5.74) is 0. The summed E-state index contributed by atoms with van der Waals surface area (Å²) in [4.78, 5) is 0. The van der Waals surface area contributed by atoms with E-state index in [2.05, 4.69) is 0 Å². The molecule has 1 radical (unpaired) electrons. The second-order valence-corrected chi connectivity index (χ2v) is 6.40. The first-order valence-electron chi connectivity index (χ1n) is 3.12. The van der Waals surface area contributed by atoms with E-state index in [1.54, 1.807) is 0 Å². The summed E-state index contributed by atoms with van der Waals surface area (Å²) in [5.74, 6) is -6.57. The van der Waals surface area contributed by atoms with Gasteiger partial charge in [-0.2, -0.15) is 26.3 Å². The van der Waals surface area contributed by atoms with Crippen molar-refractivity contribution >= 4 is 49.6 Å². The largest absolute Gasteiger partial charge is 0.429 e. The van der Waals surface area contributed by atoms with Crippen molar-refractivity contribution < 1.29 is 43.2 Å². The number of rotatable bonds is 0. The van der Waals surface area contributed by atoms with Crippen molar-refractivity contribution in [2.24, 2.45) is 0 Å². The predicted octanol–water partition coefficient (Wildman–Crippen LogP) is -0.311. The van der Waals surface area contributed by atoms with Crippen LogP contribution in [-0.2, 0) is 20.0 Å². The second-order valence-electron chi connectivity index (χ2n) is 2.70. The van der Waals surface area contributed by atoms with Gasteiger partial charge in [0.2, 0.25) is 0 Å². The summed E-state index contributed by atoms with van der Waals surface area (Å²) >= 11 is 0. The van der Waals surface area contributed by atoms with Gasteiger partial charge < -0.3 is 0 Å². The fourth-order valence-corrected chi connectivity index (χ4v) is 3.74. The molecule has 14 heteroatoms. The standard InChI is InChI=1S/C3HF6NO4S2.Na/c4-1(5)2(6,7)15(11,12)10-16(13,14)3(1,8)9;/h10H;. The van der Waals surface area contributed by atoms with Crippen LogP contribution in [0, 0.1) is 0 Å².